The van der Waals surface area contributed by atoms with Crippen LogP contribution in [0.25, 0.3) is 0 Å². The van der Waals surface area contributed by atoms with E-state index in [0.717, 1.165) is 38.9 Å². The number of aryl methyl sites for hydroxylation is 2. The Labute approximate surface area is 124 Å². The van der Waals surface area contributed by atoms with Gasteiger partial charge in [-0.3, -0.25) is 4.90 Å². The largest absolute Gasteiger partial charge is 0.298 e. The van der Waals surface area contributed by atoms with Crippen LogP contribution in [0.4, 0.5) is 0 Å². The Hall–Kier alpha value is -1.26. The Balaban J connectivity index is 1.72. The van der Waals surface area contributed by atoms with Gasteiger partial charge in [0.2, 0.25) is 0 Å². The molecule has 4 heteroatoms. The fourth-order valence-electron chi connectivity index (χ4n) is 2.89. The van der Waals surface area contributed by atoms with E-state index in [1.165, 1.54) is 26.7 Å². The predicted molar refractivity (Wildman–Crippen MR) is 83.2 cm³/mol. The maximum Gasteiger partial charge on any atom is 0.115 e. The minimum atomic E-state index is 1.01. The number of aromatic nitrogens is 2. The molecule has 0 spiro atoms. The van der Waals surface area contributed by atoms with Crippen LogP contribution < -0.4 is 0 Å². The highest BCUT2D eigenvalue weighted by Crippen LogP contribution is 2.21. The summed E-state index contributed by atoms with van der Waals surface area (Å²) in [4.78, 5) is 14.4. The minimum Gasteiger partial charge on any atom is -0.298 e. The lowest BCUT2D eigenvalue weighted by molar-refractivity contribution is 0.281. The predicted octanol–water partition coefficient (Wildman–Crippen LogP) is 3.01. The van der Waals surface area contributed by atoms with Gasteiger partial charge in [-0.25, -0.2) is 9.97 Å². The van der Waals surface area contributed by atoms with E-state index in [2.05, 4.69) is 40.8 Å². The summed E-state index contributed by atoms with van der Waals surface area (Å²) in [5, 5.41) is 0. The van der Waals surface area contributed by atoms with Gasteiger partial charge in [-0.1, -0.05) is 6.92 Å². The summed E-state index contributed by atoms with van der Waals surface area (Å²) >= 11 is 1.91. The first-order chi connectivity index (χ1) is 9.76. The van der Waals surface area contributed by atoms with Crippen LogP contribution in [0.3, 0.4) is 0 Å². The summed E-state index contributed by atoms with van der Waals surface area (Å²) in [6.07, 6.45) is 4.88. The Morgan fingerprint density at radius 3 is 2.80 bits per heavy atom. The summed E-state index contributed by atoms with van der Waals surface area (Å²) in [6.45, 7) is 7.64. The summed E-state index contributed by atoms with van der Waals surface area (Å²) in [6, 6.07) is 4.47. The van der Waals surface area contributed by atoms with Gasteiger partial charge in [-0.15, -0.1) is 11.3 Å². The van der Waals surface area contributed by atoms with Gasteiger partial charge in [0.1, 0.15) is 6.33 Å². The third-order valence-corrected chi connectivity index (χ3v) is 4.96. The number of fused-ring (bicyclic) bond motifs is 1. The number of hydrogen-bond donors (Lipinski definition) is 0. The number of hydrogen-bond acceptors (Lipinski definition) is 4. The van der Waals surface area contributed by atoms with Crippen LogP contribution in [0.5, 0.6) is 0 Å². The van der Waals surface area contributed by atoms with Crippen molar-refractivity contribution in [3.8, 4) is 0 Å². The summed E-state index contributed by atoms with van der Waals surface area (Å²) in [5.74, 6) is 0. The molecule has 0 N–H and O–H groups in total. The molecule has 1 aliphatic heterocycles. The molecule has 1 aliphatic rings. The van der Waals surface area contributed by atoms with Crippen LogP contribution in [0, 0.1) is 6.92 Å². The molecule has 0 saturated carbocycles. The van der Waals surface area contributed by atoms with Crippen molar-refractivity contribution in [2.75, 3.05) is 13.1 Å². The maximum absolute atomic E-state index is 4.50. The van der Waals surface area contributed by atoms with Crippen molar-refractivity contribution in [1.82, 2.24) is 14.9 Å². The SMILES string of the molecule is CCc1ncnc2c1CCN(Cc1ccc(C)s1)CC2. The van der Waals surface area contributed by atoms with Gasteiger partial charge in [-0.2, -0.15) is 0 Å². The molecule has 0 amide bonds. The second-order valence-corrected chi connectivity index (χ2v) is 6.76. The van der Waals surface area contributed by atoms with Crippen LogP contribution in [0.2, 0.25) is 0 Å². The average Bonchev–Trinajstić information content (AvgIpc) is 2.75. The summed E-state index contributed by atoms with van der Waals surface area (Å²) in [5.41, 5.74) is 3.91. The van der Waals surface area contributed by atoms with Crippen LogP contribution in [0.1, 0.15) is 33.6 Å². The van der Waals surface area contributed by atoms with Crippen LogP contribution in [0.15, 0.2) is 18.5 Å². The highest BCUT2D eigenvalue weighted by molar-refractivity contribution is 7.11. The van der Waals surface area contributed by atoms with E-state index in [4.69, 9.17) is 0 Å². The van der Waals surface area contributed by atoms with Gasteiger partial charge in [0.25, 0.3) is 0 Å². The monoisotopic (exact) mass is 287 g/mol. The van der Waals surface area contributed by atoms with Gasteiger partial charge < -0.3 is 0 Å². The van der Waals surface area contributed by atoms with E-state index in [1.54, 1.807) is 6.33 Å². The standard InChI is InChI=1S/C16H21N3S/c1-3-15-14-6-8-19(9-7-16(14)18-11-17-15)10-13-5-4-12(2)20-13/h4-5,11H,3,6-10H2,1-2H3. The van der Waals surface area contributed by atoms with Crippen LogP contribution in [-0.2, 0) is 25.8 Å². The van der Waals surface area contributed by atoms with Crippen molar-refractivity contribution in [3.05, 3.63) is 45.2 Å². The van der Waals surface area contributed by atoms with Gasteiger partial charge >= 0.3 is 0 Å². The first-order valence-corrected chi connectivity index (χ1v) is 8.17. The molecule has 2 aromatic rings. The van der Waals surface area contributed by atoms with Gasteiger partial charge in [0.15, 0.2) is 0 Å². The average molecular weight is 287 g/mol. The molecule has 0 atom stereocenters. The molecule has 20 heavy (non-hydrogen) atoms. The lowest BCUT2D eigenvalue weighted by Gasteiger charge is -2.18. The first-order valence-electron chi connectivity index (χ1n) is 7.35. The summed E-state index contributed by atoms with van der Waals surface area (Å²) in [7, 11) is 0. The van der Waals surface area contributed by atoms with E-state index in [0.29, 0.717) is 0 Å². The zero-order valence-corrected chi connectivity index (χ0v) is 13.0. The normalized spacial score (nSPS) is 15.9. The second kappa shape index (κ2) is 6.02. The van der Waals surface area contributed by atoms with Crippen molar-refractivity contribution < 1.29 is 0 Å². The molecule has 0 fully saturated rings. The van der Waals surface area contributed by atoms with Crippen LogP contribution >= 0.6 is 11.3 Å². The quantitative estimate of drug-likeness (QED) is 0.869. The van der Waals surface area contributed by atoms with Crippen molar-refractivity contribution in [1.29, 1.82) is 0 Å². The number of rotatable bonds is 3. The number of nitrogens with zero attached hydrogens (tertiary/aromatic N) is 3. The zero-order chi connectivity index (χ0) is 13.9. The second-order valence-electron chi connectivity index (χ2n) is 5.39. The van der Waals surface area contributed by atoms with Gasteiger partial charge in [0.05, 0.1) is 0 Å². The molecule has 0 aromatic carbocycles. The summed E-state index contributed by atoms with van der Waals surface area (Å²) < 4.78 is 0. The highest BCUT2D eigenvalue weighted by atomic mass is 32.1. The molecule has 106 valence electrons. The van der Waals surface area contributed by atoms with Gasteiger partial charge in [-0.05, 0) is 37.5 Å². The number of thiophene rings is 1. The van der Waals surface area contributed by atoms with E-state index < -0.39 is 0 Å². The molecule has 2 aromatic heterocycles. The lowest BCUT2D eigenvalue weighted by atomic mass is 10.1. The van der Waals surface area contributed by atoms with E-state index in [1.807, 2.05) is 11.3 Å². The lowest BCUT2D eigenvalue weighted by Crippen LogP contribution is -2.25. The first kappa shape index (κ1) is 13.7. The fraction of sp³-hybridized carbons (Fsp3) is 0.500. The topological polar surface area (TPSA) is 29.0 Å². The smallest absolute Gasteiger partial charge is 0.115 e. The highest BCUT2D eigenvalue weighted by Gasteiger charge is 2.18. The Bertz CT molecular complexity index is 591. The Kier molecular flexibility index (Phi) is 4.13. The molecule has 3 heterocycles. The third kappa shape index (κ3) is 2.91. The van der Waals surface area contributed by atoms with Crippen molar-refractivity contribution in [3.63, 3.8) is 0 Å². The van der Waals surface area contributed by atoms with Crippen LogP contribution in [-0.4, -0.2) is 28.0 Å². The Morgan fingerprint density at radius 2 is 2.05 bits per heavy atom. The molecular weight excluding hydrogens is 266 g/mol. The third-order valence-electron chi connectivity index (χ3n) is 3.98. The van der Waals surface area contributed by atoms with Crippen molar-refractivity contribution in [2.24, 2.45) is 0 Å². The molecule has 3 rings (SSSR count). The molecule has 0 bridgehead atoms. The fourth-order valence-corrected chi connectivity index (χ4v) is 3.83. The molecule has 0 unspecified atom stereocenters. The van der Waals surface area contributed by atoms with E-state index in [9.17, 15) is 0 Å². The van der Waals surface area contributed by atoms with Gasteiger partial charge in [0, 0.05) is 47.2 Å². The van der Waals surface area contributed by atoms with Crippen molar-refractivity contribution in [2.45, 2.75) is 39.7 Å². The molecule has 3 nitrogen and oxygen atoms in total. The minimum absolute atomic E-state index is 1.01. The zero-order valence-electron chi connectivity index (χ0n) is 12.2. The van der Waals surface area contributed by atoms with E-state index in [-0.39, 0.29) is 0 Å². The molecule has 0 saturated heterocycles. The molecular formula is C16H21N3S. The molecule has 0 aliphatic carbocycles. The van der Waals surface area contributed by atoms with Crippen molar-refractivity contribution >= 4 is 11.3 Å². The molecule has 0 radical (unpaired) electrons. The Morgan fingerprint density at radius 1 is 1.20 bits per heavy atom. The maximum atomic E-state index is 4.50. The van der Waals surface area contributed by atoms with E-state index >= 15 is 0 Å².